The van der Waals surface area contributed by atoms with E-state index in [9.17, 15) is 9.59 Å². The summed E-state index contributed by atoms with van der Waals surface area (Å²) >= 11 is 0. The number of hydrogen-bond donors (Lipinski definition) is 0. The first-order valence-electron chi connectivity index (χ1n) is 10.6. The second kappa shape index (κ2) is 7.48. The van der Waals surface area contributed by atoms with E-state index in [0.717, 1.165) is 41.0 Å². The highest BCUT2D eigenvalue weighted by molar-refractivity contribution is 5.94. The van der Waals surface area contributed by atoms with Crippen LogP contribution in [0, 0.1) is 5.41 Å². The molecule has 0 radical (unpaired) electrons. The van der Waals surface area contributed by atoms with Crippen LogP contribution in [0.5, 0.6) is 11.6 Å². The predicted molar refractivity (Wildman–Crippen MR) is 120 cm³/mol. The van der Waals surface area contributed by atoms with Crippen LogP contribution in [0.15, 0.2) is 60.7 Å². The van der Waals surface area contributed by atoms with Crippen LogP contribution in [0.1, 0.15) is 40.2 Å². The quantitative estimate of drug-likeness (QED) is 0.566. The van der Waals surface area contributed by atoms with Crippen LogP contribution in [-0.4, -0.2) is 43.0 Å². The number of esters is 1. The van der Waals surface area contributed by atoms with Crippen molar-refractivity contribution in [3.8, 4) is 22.9 Å². The Morgan fingerprint density at radius 2 is 1.72 bits per heavy atom. The first-order chi connectivity index (χ1) is 15.4. The van der Waals surface area contributed by atoms with E-state index in [1.165, 1.54) is 7.11 Å². The zero-order chi connectivity index (χ0) is 22.5. The molecule has 1 atom stereocenters. The summed E-state index contributed by atoms with van der Waals surface area (Å²) in [5.74, 6) is 0.841. The van der Waals surface area contributed by atoms with E-state index >= 15 is 0 Å². The number of para-hydroxylation sites is 1. The molecule has 0 N–H and O–H groups in total. The lowest BCUT2D eigenvalue weighted by molar-refractivity contribution is -0.147. The molecule has 0 saturated heterocycles. The molecule has 1 fully saturated rings. The van der Waals surface area contributed by atoms with Crippen molar-refractivity contribution in [1.29, 1.82) is 0 Å². The van der Waals surface area contributed by atoms with E-state index in [-0.39, 0.29) is 17.8 Å². The van der Waals surface area contributed by atoms with Crippen LogP contribution in [0.2, 0.25) is 0 Å². The molecule has 1 amide bonds. The van der Waals surface area contributed by atoms with Crippen molar-refractivity contribution < 1.29 is 19.1 Å². The van der Waals surface area contributed by atoms with Crippen molar-refractivity contribution in [2.45, 2.75) is 18.8 Å². The summed E-state index contributed by atoms with van der Waals surface area (Å²) in [5.41, 5.74) is 3.57. The molecule has 1 aliphatic heterocycles. The molecule has 1 aliphatic carbocycles. The average Bonchev–Trinajstić information content (AvgIpc) is 3.63. The second-order valence-electron chi connectivity index (χ2n) is 8.59. The van der Waals surface area contributed by atoms with Crippen molar-refractivity contribution in [3.05, 3.63) is 77.4 Å². The third-order valence-electron chi connectivity index (χ3n) is 6.40. The van der Waals surface area contributed by atoms with E-state index in [0.29, 0.717) is 11.4 Å². The SMILES string of the molecule is COC(=O)C1(C2c3ccccc3Oc3nc(-c4ccc(C(=O)N(C)C)cc4)ccc32)CC1. The van der Waals surface area contributed by atoms with Gasteiger partial charge in [-0.3, -0.25) is 9.59 Å². The summed E-state index contributed by atoms with van der Waals surface area (Å²) in [6, 6.07) is 19.1. The third kappa shape index (κ3) is 3.14. The molecular formula is C26H24N2O4. The molecule has 1 saturated carbocycles. The fourth-order valence-electron chi connectivity index (χ4n) is 4.58. The van der Waals surface area contributed by atoms with Crippen molar-refractivity contribution in [3.63, 3.8) is 0 Å². The lowest BCUT2D eigenvalue weighted by Gasteiger charge is -2.32. The monoisotopic (exact) mass is 428 g/mol. The van der Waals surface area contributed by atoms with Crippen LogP contribution in [0.25, 0.3) is 11.3 Å². The van der Waals surface area contributed by atoms with Crippen LogP contribution < -0.4 is 4.74 Å². The summed E-state index contributed by atoms with van der Waals surface area (Å²) in [6.07, 6.45) is 1.56. The Morgan fingerprint density at radius 3 is 2.38 bits per heavy atom. The van der Waals surface area contributed by atoms with Gasteiger partial charge in [-0.25, -0.2) is 4.98 Å². The number of pyridine rings is 1. The number of hydrogen-bond acceptors (Lipinski definition) is 5. The molecule has 1 unspecified atom stereocenters. The Hall–Kier alpha value is -3.67. The Bertz CT molecular complexity index is 1210. The number of nitrogens with zero attached hydrogens (tertiary/aromatic N) is 2. The fourth-order valence-corrected chi connectivity index (χ4v) is 4.58. The highest BCUT2D eigenvalue weighted by Crippen LogP contribution is 2.63. The molecule has 2 heterocycles. The van der Waals surface area contributed by atoms with Gasteiger partial charge in [-0.2, -0.15) is 0 Å². The molecule has 3 aromatic rings. The summed E-state index contributed by atoms with van der Waals surface area (Å²) < 4.78 is 11.3. The van der Waals surface area contributed by atoms with Crippen molar-refractivity contribution in [2.24, 2.45) is 5.41 Å². The molecule has 0 spiro atoms. The van der Waals surface area contributed by atoms with Gasteiger partial charge in [-0.1, -0.05) is 36.4 Å². The summed E-state index contributed by atoms with van der Waals surface area (Å²) in [4.78, 5) is 31.2. The van der Waals surface area contributed by atoms with E-state index in [4.69, 9.17) is 14.5 Å². The van der Waals surface area contributed by atoms with Gasteiger partial charge in [0.1, 0.15) is 5.75 Å². The van der Waals surface area contributed by atoms with Gasteiger partial charge in [0.25, 0.3) is 5.91 Å². The largest absolute Gasteiger partial charge is 0.469 e. The zero-order valence-electron chi connectivity index (χ0n) is 18.3. The van der Waals surface area contributed by atoms with Crippen LogP contribution >= 0.6 is 0 Å². The lowest BCUT2D eigenvalue weighted by atomic mass is 9.77. The van der Waals surface area contributed by atoms with Gasteiger partial charge in [0.2, 0.25) is 5.88 Å². The molecular weight excluding hydrogens is 404 g/mol. The maximum Gasteiger partial charge on any atom is 0.312 e. The number of methoxy groups -OCH3 is 1. The Kier molecular flexibility index (Phi) is 4.73. The normalized spacial score (nSPS) is 17.4. The minimum absolute atomic E-state index is 0.0460. The first-order valence-corrected chi connectivity index (χ1v) is 10.6. The maximum absolute atomic E-state index is 12.7. The lowest BCUT2D eigenvalue weighted by Crippen LogP contribution is -2.28. The van der Waals surface area contributed by atoms with Gasteiger partial charge in [-0.05, 0) is 37.1 Å². The Labute approximate surface area is 186 Å². The summed E-state index contributed by atoms with van der Waals surface area (Å²) in [5, 5.41) is 0. The van der Waals surface area contributed by atoms with Crippen LogP contribution in [-0.2, 0) is 9.53 Å². The summed E-state index contributed by atoms with van der Waals surface area (Å²) in [7, 11) is 4.91. The smallest absolute Gasteiger partial charge is 0.312 e. The van der Waals surface area contributed by atoms with Gasteiger partial charge in [0.15, 0.2) is 0 Å². The van der Waals surface area contributed by atoms with Crippen LogP contribution in [0.4, 0.5) is 0 Å². The standard InChI is InChI=1S/C26H24N2O4/c1-28(2)24(29)17-10-8-16(9-11-17)20-13-12-19-22(26(14-15-26)25(30)31-3)18-6-4-5-7-21(18)32-23(19)27-20/h4-13,22H,14-15H2,1-3H3. The van der Waals surface area contributed by atoms with Gasteiger partial charge in [-0.15, -0.1) is 0 Å². The minimum atomic E-state index is -0.569. The molecule has 32 heavy (non-hydrogen) atoms. The number of carbonyl (C=O) groups is 2. The molecule has 162 valence electrons. The number of benzene rings is 2. The van der Waals surface area contributed by atoms with E-state index in [2.05, 4.69) is 0 Å². The number of amides is 1. The van der Waals surface area contributed by atoms with Crippen molar-refractivity contribution in [2.75, 3.05) is 21.2 Å². The molecule has 0 bridgehead atoms. The summed E-state index contributed by atoms with van der Waals surface area (Å²) in [6.45, 7) is 0. The number of aromatic nitrogens is 1. The number of ether oxygens (including phenoxy) is 2. The number of fused-ring (bicyclic) bond motifs is 2. The first kappa shape index (κ1) is 20.2. The highest BCUT2D eigenvalue weighted by Gasteiger charge is 2.59. The molecule has 2 aromatic carbocycles. The molecule has 6 heteroatoms. The molecule has 6 nitrogen and oxygen atoms in total. The predicted octanol–water partition coefficient (Wildman–Crippen LogP) is 4.64. The number of rotatable bonds is 4. The molecule has 5 rings (SSSR count). The Balaban J connectivity index is 1.55. The molecule has 1 aromatic heterocycles. The topological polar surface area (TPSA) is 68.7 Å². The highest BCUT2D eigenvalue weighted by atomic mass is 16.5. The van der Waals surface area contributed by atoms with E-state index in [1.807, 2.05) is 48.5 Å². The van der Waals surface area contributed by atoms with E-state index in [1.54, 1.807) is 31.1 Å². The second-order valence-corrected chi connectivity index (χ2v) is 8.59. The van der Waals surface area contributed by atoms with Gasteiger partial charge in [0.05, 0.1) is 18.2 Å². The van der Waals surface area contributed by atoms with E-state index < -0.39 is 5.41 Å². The van der Waals surface area contributed by atoms with Crippen LogP contribution in [0.3, 0.4) is 0 Å². The van der Waals surface area contributed by atoms with Gasteiger partial charge >= 0.3 is 5.97 Å². The fraction of sp³-hybridized carbons (Fsp3) is 0.269. The van der Waals surface area contributed by atoms with Gasteiger partial charge in [0, 0.05) is 42.3 Å². The third-order valence-corrected chi connectivity index (χ3v) is 6.40. The molecule has 2 aliphatic rings. The van der Waals surface area contributed by atoms with Crippen molar-refractivity contribution >= 4 is 11.9 Å². The van der Waals surface area contributed by atoms with Gasteiger partial charge < -0.3 is 14.4 Å². The maximum atomic E-state index is 12.7. The minimum Gasteiger partial charge on any atom is -0.469 e. The average molecular weight is 428 g/mol. The Morgan fingerprint density at radius 1 is 1.00 bits per heavy atom. The zero-order valence-corrected chi connectivity index (χ0v) is 18.3. The van der Waals surface area contributed by atoms with Crippen molar-refractivity contribution in [1.82, 2.24) is 9.88 Å². The number of carbonyl (C=O) groups excluding carboxylic acids is 2.